The van der Waals surface area contributed by atoms with Gasteiger partial charge >= 0.3 is 5.97 Å². The molecule has 0 aromatic heterocycles. The van der Waals surface area contributed by atoms with E-state index in [1.807, 2.05) is 0 Å². The fourth-order valence-electron chi connectivity index (χ4n) is 1.78. The molecule has 0 saturated heterocycles. The van der Waals surface area contributed by atoms with Crippen molar-refractivity contribution in [1.29, 1.82) is 0 Å². The zero-order valence-corrected chi connectivity index (χ0v) is 13.7. The number of carbonyl (C=O) groups excluding carboxylic acids is 1. The molecule has 1 aromatic rings. The van der Waals surface area contributed by atoms with E-state index in [4.69, 9.17) is 16.7 Å². The lowest BCUT2D eigenvalue weighted by Gasteiger charge is -2.20. The molecule has 0 unspecified atom stereocenters. The number of carbonyl (C=O) groups is 2. The van der Waals surface area contributed by atoms with Crippen molar-refractivity contribution in [3.8, 4) is 0 Å². The maximum Gasteiger partial charge on any atom is 0.318 e. The number of nitrogens with zero attached hydrogens (tertiary/aromatic N) is 1. The van der Waals surface area contributed by atoms with Crippen LogP contribution in [0.1, 0.15) is 20.3 Å². The smallest absolute Gasteiger partial charge is 0.318 e. The van der Waals surface area contributed by atoms with Crippen LogP contribution in [0.15, 0.2) is 23.1 Å². The summed E-state index contributed by atoms with van der Waals surface area (Å²) in [7, 11) is -3.97. The van der Waals surface area contributed by atoms with Gasteiger partial charge in [-0.3, -0.25) is 9.59 Å². The quantitative estimate of drug-likeness (QED) is 0.781. The van der Waals surface area contributed by atoms with Gasteiger partial charge in [-0.15, -0.1) is 0 Å². The highest BCUT2D eigenvalue weighted by molar-refractivity contribution is 7.89. The SMILES string of the molecule is CCCN(CC(=O)O)S(=O)(=O)c1ccc(NC(C)=O)c(Cl)c1. The van der Waals surface area contributed by atoms with Gasteiger partial charge in [0.1, 0.15) is 6.54 Å². The second-order valence-corrected chi connectivity index (χ2v) is 6.90. The Morgan fingerprint density at radius 1 is 1.36 bits per heavy atom. The number of halogens is 1. The zero-order valence-electron chi connectivity index (χ0n) is 12.2. The van der Waals surface area contributed by atoms with E-state index in [1.165, 1.54) is 25.1 Å². The molecule has 1 aromatic carbocycles. The largest absolute Gasteiger partial charge is 0.480 e. The molecule has 0 radical (unpaired) electrons. The molecular weight excluding hydrogens is 332 g/mol. The van der Waals surface area contributed by atoms with Gasteiger partial charge in [-0.25, -0.2) is 8.42 Å². The number of hydrogen-bond acceptors (Lipinski definition) is 4. The molecule has 0 bridgehead atoms. The minimum atomic E-state index is -3.97. The summed E-state index contributed by atoms with van der Waals surface area (Å²) >= 11 is 5.95. The zero-order chi connectivity index (χ0) is 16.9. The van der Waals surface area contributed by atoms with Gasteiger partial charge in [-0.2, -0.15) is 4.31 Å². The number of sulfonamides is 1. The molecule has 0 atom stereocenters. The minimum absolute atomic E-state index is 0.0584. The molecular formula is C13H17ClN2O5S. The summed E-state index contributed by atoms with van der Waals surface area (Å²) in [5.74, 6) is -1.58. The van der Waals surface area contributed by atoms with Gasteiger partial charge in [-0.05, 0) is 24.6 Å². The second kappa shape index (κ2) is 7.57. The standard InChI is InChI=1S/C13H17ClN2O5S/c1-3-6-16(8-13(18)19)22(20,21)10-4-5-12(11(14)7-10)15-9(2)17/h4-5,7H,3,6,8H2,1-2H3,(H,15,17)(H,18,19). The van der Waals surface area contributed by atoms with E-state index in [2.05, 4.69) is 5.32 Å². The fourth-order valence-corrected chi connectivity index (χ4v) is 3.58. The summed E-state index contributed by atoms with van der Waals surface area (Å²) in [5.41, 5.74) is 0.286. The van der Waals surface area contributed by atoms with E-state index in [9.17, 15) is 18.0 Å². The number of nitrogens with one attached hydrogen (secondary N) is 1. The fraction of sp³-hybridized carbons (Fsp3) is 0.385. The Morgan fingerprint density at radius 2 is 2.00 bits per heavy atom. The number of amides is 1. The molecule has 0 aliphatic rings. The van der Waals surface area contributed by atoms with Crippen LogP contribution < -0.4 is 5.32 Å². The molecule has 2 N–H and O–H groups in total. The summed E-state index contributed by atoms with van der Waals surface area (Å²) in [4.78, 5) is 21.7. The van der Waals surface area contributed by atoms with Crippen LogP contribution in [0.3, 0.4) is 0 Å². The lowest BCUT2D eigenvalue weighted by atomic mass is 10.3. The van der Waals surface area contributed by atoms with Crippen molar-refractivity contribution in [3.63, 3.8) is 0 Å². The molecule has 0 fully saturated rings. The highest BCUT2D eigenvalue weighted by Crippen LogP contribution is 2.27. The molecule has 0 saturated carbocycles. The van der Waals surface area contributed by atoms with Crippen molar-refractivity contribution in [2.45, 2.75) is 25.2 Å². The first-order chi connectivity index (χ1) is 10.2. The summed E-state index contributed by atoms with van der Waals surface area (Å²) in [6.07, 6.45) is 0.476. The first kappa shape index (κ1) is 18.4. The number of hydrogen-bond donors (Lipinski definition) is 2. The topological polar surface area (TPSA) is 104 Å². The highest BCUT2D eigenvalue weighted by Gasteiger charge is 2.26. The Morgan fingerprint density at radius 3 is 2.45 bits per heavy atom. The average molecular weight is 349 g/mol. The number of aliphatic carboxylic acids is 1. The molecule has 22 heavy (non-hydrogen) atoms. The Bertz CT molecular complexity index is 675. The Labute approximate surface area is 133 Å². The van der Waals surface area contributed by atoms with Gasteiger partial charge in [0.05, 0.1) is 15.6 Å². The van der Waals surface area contributed by atoms with Crippen molar-refractivity contribution in [1.82, 2.24) is 4.31 Å². The Kier molecular flexibility index (Phi) is 6.34. The van der Waals surface area contributed by atoms with E-state index in [0.29, 0.717) is 6.42 Å². The molecule has 9 heteroatoms. The molecule has 122 valence electrons. The lowest BCUT2D eigenvalue weighted by molar-refractivity contribution is -0.137. The number of rotatable bonds is 7. The van der Waals surface area contributed by atoms with E-state index in [0.717, 1.165) is 4.31 Å². The van der Waals surface area contributed by atoms with Gasteiger partial charge in [-0.1, -0.05) is 18.5 Å². The first-order valence-electron chi connectivity index (χ1n) is 6.47. The molecule has 0 heterocycles. The number of carboxylic acids is 1. The normalized spacial score (nSPS) is 11.5. The molecule has 1 rings (SSSR count). The van der Waals surface area contributed by atoms with Gasteiger partial charge in [0.15, 0.2) is 0 Å². The highest BCUT2D eigenvalue weighted by atomic mass is 35.5. The molecule has 0 aliphatic carbocycles. The van der Waals surface area contributed by atoms with Gasteiger partial charge in [0.25, 0.3) is 0 Å². The van der Waals surface area contributed by atoms with Crippen LogP contribution in [0.25, 0.3) is 0 Å². The Hall–Kier alpha value is -1.64. The van der Waals surface area contributed by atoms with Crippen LogP contribution >= 0.6 is 11.6 Å². The molecule has 1 amide bonds. The van der Waals surface area contributed by atoms with Crippen LogP contribution in [-0.4, -0.2) is 42.8 Å². The summed E-state index contributed by atoms with van der Waals surface area (Å²) in [6, 6.07) is 3.82. The van der Waals surface area contributed by atoms with Crippen molar-refractivity contribution in [3.05, 3.63) is 23.2 Å². The third kappa shape index (κ3) is 4.69. The van der Waals surface area contributed by atoms with E-state index >= 15 is 0 Å². The lowest BCUT2D eigenvalue weighted by Crippen LogP contribution is -2.36. The monoisotopic (exact) mass is 348 g/mol. The summed E-state index contributed by atoms with van der Waals surface area (Å²) in [5, 5.41) is 11.4. The van der Waals surface area contributed by atoms with Gasteiger partial charge < -0.3 is 10.4 Å². The van der Waals surface area contributed by atoms with Gasteiger partial charge in [0.2, 0.25) is 15.9 Å². The van der Waals surface area contributed by atoms with Crippen LogP contribution in [-0.2, 0) is 19.6 Å². The minimum Gasteiger partial charge on any atom is -0.480 e. The summed E-state index contributed by atoms with van der Waals surface area (Å²) < 4.78 is 25.8. The summed E-state index contributed by atoms with van der Waals surface area (Å²) in [6.45, 7) is 2.51. The molecule has 0 spiro atoms. The van der Waals surface area contributed by atoms with Crippen molar-refractivity contribution >= 4 is 39.2 Å². The second-order valence-electron chi connectivity index (χ2n) is 4.56. The maximum absolute atomic E-state index is 12.5. The van der Waals surface area contributed by atoms with Crippen molar-refractivity contribution in [2.24, 2.45) is 0 Å². The Balaban J connectivity index is 3.18. The van der Waals surface area contributed by atoms with Crippen LogP contribution in [0.2, 0.25) is 5.02 Å². The van der Waals surface area contributed by atoms with Crippen LogP contribution in [0, 0.1) is 0 Å². The predicted octanol–water partition coefficient (Wildman–Crippen LogP) is 1.78. The number of carboxylic acid groups (broad SMARTS) is 1. The van der Waals surface area contributed by atoms with Crippen molar-refractivity contribution < 1.29 is 23.1 Å². The average Bonchev–Trinajstić information content (AvgIpc) is 2.39. The number of anilines is 1. The third-order valence-corrected chi connectivity index (χ3v) is 4.83. The molecule has 0 aliphatic heterocycles. The van der Waals surface area contributed by atoms with Gasteiger partial charge in [0, 0.05) is 13.5 Å². The van der Waals surface area contributed by atoms with E-state index < -0.39 is 22.5 Å². The third-order valence-electron chi connectivity index (χ3n) is 2.67. The van der Waals surface area contributed by atoms with E-state index in [1.54, 1.807) is 6.92 Å². The predicted molar refractivity (Wildman–Crippen MR) is 82.4 cm³/mol. The first-order valence-corrected chi connectivity index (χ1v) is 8.29. The van der Waals surface area contributed by atoms with Crippen LogP contribution in [0.5, 0.6) is 0 Å². The molecule has 7 nitrogen and oxygen atoms in total. The maximum atomic E-state index is 12.5. The van der Waals surface area contributed by atoms with E-state index in [-0.39, 0.29) is 28.1 Å². The number of benzene rings is 1. The van der Waals surface area contributed by atoms with Crippen molar-refractivity contribution in [2.75, 3.05) is 18.4 Å². The van der Waals surface area contributed by atoms with Crippen LogP contribution in [0.4, 0.5) is 5.69 Å².